The number of carbonyl (C=O) groups excluding carboxylic acids is 1. The molecule has 2 aromatic carbocycles. The topological polar surface area (TPSA) is 47.6 Å². The Morgan fingerprint density at radius 1 is 1.13 bits per heavy atom. The number of thioether (sulfide) groups is 1. The molecular formula is C17H18ClNO3S. The maximum Gasteiger partial charge on any atom is 0.257 e. The van der Waals surface area contributed by atoms with Crippen LogP contribution >= 0.6 is 23.4 Å². The Balaban J connectivity index is 2.33. The molecular weight excluding hydrogens is 334 g/mol. The summed E-state index contributed by atoms with van der Waals surface area (Å²) in [4.78, 5) is 13.5. The maximum absolute atomic E-state index is 12.5. The van der Waals surface area contributed by atoms with Gasteiger partial charge in [-0.05, 0) is 43.0 Å². The van der Waals surface area contributed by atoms with E-state index < -0.39 is 0 Å². The van der Waals surface area contributed by atoms with E-state index in [4.69, 9.17) is 21.1 Å². The number of halogens is 1. The predicted octanol–water partition coefficient (Wildman–Crippen LogP) is 4.64. The second-order valence-corrected chi connectivity index (χ2v) is 6.11. The van der Waals surface area contributed by atoms with Crippen LogP contribution in [-0.2, 0) is 0 Å². The minimum atomic E-state index is -0.263. The highest BCUT2D eigenvalue weighted by molar-refractivity contribution is 7.98. The van der Waals surface area contributed by atoms with Crippen molar-refractivity contribution in [2.45, 2.75) is 11.8 Å². The number of hydrogen-bond acceptors (Lipinski definition) is 4. The number of nitrogens with one attached hydrogen (secondary N) is 1. The molecule has 0 spiro atoms. The lowest BCUT2D eigenvalue weighted by molar-refractivity contribution is 0.102. The molecule has 0 aliphatic carbocycles. The van der Waals surface area contributed by atoms with Crippen LogP contribution in [0.2, 0.25) is 5.02 Å². The van der Waals surface area contributed by atoms with Crippen LogP contribution in [0.4, 0.5) is 5.69 Å². The Hall–Kier alpha value is -1.85. The van der Waals surface area contributed by atoms with Crippen molar-refractivity contribution < 1.29 is 14.3 Å². The van der Waals surface area contributed by atoms with E-state index in [9.17, 15) is 4.79 Å². The van der Waals surface area contributed by atoms with Gasteiger partial charge in [-0.15, -0.1) is 11.8 Å². The zero-order valence-electron chi connectivity index (χ0n) is 13.4. The molecule has 0 aliphatic rings. The molecule has 0 saturated heterocycles. The fourth-order valence-electron chi connectivity index (χ4n) is 2.11. The van der Waals surface area contributed by atoms with Crippen molar-refractivity contribution in [1.29, 1.82) is 0 Å². The number of hydrogen-bond donors (Lipinski definition) is 1. The molecule has 0 saturated carbocycles. The fourth-order valence-corrected chi connectivity index (χ4v) is 2.75. The van der Waals surface area contributed by atoms with Gasteiger partial charge in [0.05, 0.1) is 24.8 Å². The third-order valence-electron chi connectivity index (χ3n) is 3.40. The summed E-state index contributed by atoms with van der Waals surface area (Å²) >= 11 is 7.70. The summed E-state index contributed by atoms with van der Waals surface area (Å²) in [6, 6.07) is 8.93. The Labute approximate surface area is 145 Å². The summed E-state index contributed by atoms with van der Waals surface area (Å²) < 4.78 is 10.5. The van der Waals surface area contributed by atoms with Crippen molar-refractivity contribution in [2.24, 2.45) is 0 Å². The van der Waals surface area contributed by atoms with Gasteiger partial charge in [-0.25, -0.2) is 0 Å². The van der Waals surface area contributed by atoms with Gasteiger partial charge in [0.15, 0.2) is 11.5 Å². The van der Waals surface area contributed by atoms with Crippen molar-refractivity contribution >= 4 is 35.0 Å². The van der Waals surface area contributed by atoms with E-state index in [0.717, 1.165) is 10.5 Å². The average molecular weight is 352 g/mol. The summed E-state index contributed by atoms with van der Waals surface area (Å²) in [6.45, 7) is 1.89. The second kappa shape index (κ2) is 7.62. The molecule has 1 N–H and O–H groups in total. The smallest absolute Gasteiger partial charge is 0.257 e. The zero-order valence-corrected chi connectivity index (χ0v) is 15.0. The third-order valence-corrected chi connectivity index (χ3v) is 4.45. The molecule has 23 heavy (non-hydrogen) atoms. The highest BCUT2D eigenvalue weighted by Crippen LogP contribution is 2.33. The van der Waals surface area contributed by atoms with Crippen LogP contribution in [0.25, 0.3) is 0 Å². The van der Waals surface area contributed by atoms with E-state index in [0.29, 0.717) is 27.8 Å². The third kappa shape index (κ3) is 3.92. The Bertz CT molecular complexity index is 734. The normalized spacial score (nSPS) is 10.3. The molecule has 0 aliphatic heterocycles. The van der Waals surface area contributed by atoms with E-state index in [1.54, 1.807) is 44.2 Å². The van der Waals surface area contributed by atoms with Crippen LogP contribution in [0.3, 0.4) is 0 Å². The number of aryl methyl sites for hydroxylation is 1. The van der Waals surface area contributed by atoms with Gasteiger partial charge in [0.1, 0.15) is 0 Å². The van der Waals surface area contributed by atoms with Crippen molar-refractivity contribution in [1.82, 2.24) is 0 Å². The Morgan fingerprint density at radius 2 is 1.78 bits per heavy atom. The maximum atomic E-state index is 12.5. The lowest BCUT2D eigenvalue weighted by Gasteiger charge is -2.14. The summed E-state index contributed by atoms with van der Waals surface area (Å²) in [5.41, 5.74) is 1.96. The largest absolute Gasteiger partial charge is 0.493 e. The van der Waals surface area contributed by atoms with Gasteiger partial charge in [-0.1, -0.05) is 11.6 Å². The summed E-state index contributed by atoms with van der Waals surface area (Å²) in [5, 5.41) is 3.29. The van der Waals surface area contributed by atoms with Crippen LogP contribution in [0.5, 0.6) is 11.5 Å². The van der Waals surface area contributed by atoms with E-state index in [-0.39, 0.29) is 5.91 Å². The molecule has 0 radical (unpaired) electrons. The van der Waals surface area contributed by atoms with Crippen molar-refractivity contribution in [3.8, 4) is 11.5 Å². The molecule has 2 aromatic rings. The minimum absolute atomic E-state index is 0.263. The molecule has 1 amide bonds. The number of carbonyl (C=O) groups is 1. The summed E-state index contributed by atoms with van der Waals surface area (Å²) in [5.74, 6) is 0.906. The average Bonchev–Trinajstić information content (AvgIpc) is 2.56. The molecule has 0 atom stereocenters. The van der Waals surface area contributed by atoms with Crippen LogP contribution < -0.4 is 14.8 Å². The van der Waals surface area contributed by atoms with Gasteiger partial charge in [-0.2, -0.15) is 0 Å². The standard InChI is InChI=1S/C17H18ClNO3S/c1-10-7-15(21-2)16(22-3)9-14(10)19-17(20)12-8-11(23-4)5-6-13(12)18/h5-9H,1-4H3,(H,19,20). The molecule has 2 rings (SSSR count). The minimum Gasteiger partial charge on any atom is -0.493 e. The highest BCUT2D eigenvalue weighted by atomic mass is 35.5. The van der Waals surface area contributed by atoms with Gasteiger partial charge in [0.25, 0.3) is 5.91 Å². The van der Waals surface area contributed by atoms with Gasteiger partial charge in [0, 0.05) is 16.6 Å². The van der Waals surface area contributed by atoms with E-state index >= 15 is 0 Å². The van der Waals surface area contributed by atoms with Crippen LogP contribution in [0.1, 0.15) is 15.9 Å². The molecule has 0 heterocycles. The lowest BCUT2D eigenvalue weighted by Crippen LogP contribution is -2.13. The molecule has 6 heteroatoms. The van der Waals surface area contributed by atoms with E-state index in [2.05, 4.69) is 5.32 Å². The fraction of sp³-hybridized carbons (Fsp3) is 0.235. The highest BCUT2D eigenvalue weighted by Gasteiger charge is 2.15. The number of anilines is 1. The second-order valence-electron chi connectivity index (χ2n) is 4.82. The Kier molecular flexibility index (Phi) is 5.80. The van der Waals surface area contributed by atoms with Crippen molar-refractivity contribution in [3.63, 3.8) is 0 Å². The van der Waals surface area contributed by atoms with Crippen molar-refractivity contribution in [3.05, 3.63) is 46.5 Å². The number of rotatable bonds is 5. The van der Waals surface area contributed by atoms with Crippen LogP contribution in [0.15, 0.2) is 35.2 Å². The predicted molar refractivity (Wildman–Crippen MR) is 95.5 cm³/mol. The molecule has 122 valence electrons. The SMILES string of the molecule is COc1cc(C)c(NC(=O)c2cc(SC)ccc2Cl)cc1OC. The first-order valence-corrected chi connectivity index (χ1v) is 8.48. The van der Waals surface area contributed by atoms with Crippen LogP contribution in [-0.4, -0.2) is 26.4 Å². The molecule has 0 fully saturated rings. The first kappa shape index (κ1) is 17.5. The first-order chi connectivity index (χ1) is 11.0. The van der Waals surface area contributed by atoms with Crippen molar-refractivity contribution in [2.75, 3.05) is 25.8 Å². The number of methoxy groups -OCH3 is 2. The first-order valence-electron chi connectivity index (χ1n) is 6.87. The summed E-state index contributed by atoms with van der Waals surface area (Å²) in [6.07, 6.45) is 1.95. The quantitative estimate of drug-likeness (QED) is 0.797. The zero-order chi connectivity index (χ0) is 17.0. The van der Waals surface area contributed by atoms with Gasteiger partial charge in [-0.3, -0.25) is 4.79 Å². The van der Waals surface area contributed by atoms with E-state index in [1.807, 2.05) is 25.3 Å². The van der Waals surface area contributed by atoms with Gasteiger partial charge >= 0.3 is 0 Å². The molecule has 0 unspecified atom stereocenters. The van der Waals surface area contributed by atoms with E-state index in [1.165, 1.54) is 0 Å². The van der Waals surface area contributed by atoms with Gasteiger partial charge < -0.3 is 14.8 Å². The Morgan fingerprint density at radius 3 is 2.39 bits per heavy atom. The molecule has 4 nitrogen and oxygen atoms in total. The number of benzene rings is 2. The van der Waals surface area contributed by atoms with Gasteiger partial charge in [0.2, 0.25) is 0 Å². The monoisotopic (exact) mass is 351 g/mol. The number of ether oxygens (including phenoxy) is 2. The van der Waals surface area contributed by atoms with Crippen LogP contribution in [0, 0.1) is 6.92 Å². The molecule has 0 bridgehead atoms. The lowest BCUT2D eigenvalue weighted by atomic mass is 10.1. The number of amides is 1. The molecule has 0 aromatic heterocycles. The summed E-state index contributed by atoms with van der Waals surface area (Å²) in [7, 11) is 3.13.